The molecule has 0 spiro atoms. The van der Waals surface area contributed by atoms with E-state index in [1.54, 1.807) is 0 Å². The normalized spacial score (nSPS) is 22.2. The lowest BCUT2D eigenvalue weighted by atomic mass is 9.96. The van der Waals surface area contributed by atoms with Crippen LogP contribution in [0.1, 0.15) is 19.3 Å². The van der Waals surface area contributed by atoms with Crippen LogP contribution in [0.2, 0.25) is 5.28 Å². The molecule has 0 aliphatic heterocycles. The first-order chi connectivity index (χ1) is 9.10. The maximum atomic E-state index is 11.1. The Balaban J connectivity index is 1.98. The highest BCUT2D eigenvalue weighted by Gasteiger charge is 2.32. The number of halogens is 1. The summed E-state index contributed by atoms with van der Waals surface area (Å²) in [6.07, 6.45) is 2.55. The summed E-state index contributed by atoms with van der Waals surface area (Å²) in [5.41, 5.74) is 0. The largest absolute Gasteiger partial charge is 0.481 e. The Kier molecular flexibility index (Phi) is 4.36. The Morgan fingerprint density at radius 2 is 2.26 bits per heavy atom. The van der Waals surface area contributed by atoms with Gasteiger partial charge in [0, 0.05) is 6.54 Å². The lowest BCUT2D eigenvalue weighted by Gasteiger charge is -2.16. The SMILES string of the molecule is COc1nc(Cl)nc(NCC2CCCC2C(=O)O)n1. The average molecular weight is 287 g/mol. The molecule has 8 heteroatoms. The summed E-state index contributed by atoms with van der Waals surface area (Å²) in [5, 5.41) is 12.1. The van der Waals surface area contributed by atoms with E-state index < -0.39 is 5.97 Å². The van der Waals surface area contributed by atoms with Crippen LogP contribution in [0.3, 0.4) is 0 Å². The van der Waals surface area contributed by atoms with Gasteiger partial charge in [0.1, 0.15) is 0 Å². The average Bonchev–Trinajstić information content (AvgIpc) is 2.84. The number of aromatic nitrogens is 3. The summed E-state index contributed by atoms with van der Waals surface area (Å²) in [6.45, 7) is 0.500. The van der Waals surface area contributed by atoms with Crippen LogP contribution >= 0.6 is 11.6 Å². The molecule has 104 valence electrons. The van der Waals surface area contributed by atoms with E-state index in [0.29, 0.717) is 12.5 Å². The maximum absolute atomic E-state index is 11.1. The number of nitrogens with one attached hydrogen (secondary N) is 1. The van der Waals surface area contributed by atoms with E-state index in [2.05, 4.69) is 20.3 Å². The predicted octanol–water partition coefficient (Wildman–Crippen LogP) is 1.45. The molecule has 0 saturated heterocycles. The van der Waals surface area contributed by atoms with Gasteiger partial charge < -0.3 is 15.2 Å². The molecule has 1 fully saturated rings. The smallest absolute Gasteiger partial charge is 0.322 e. The molecule has 1 saturated carbocycles. The molecule has 1 aliphatic rings. The molecule has 0 amide bonds. The molecular formula is C11H15ClN4O3. The van der Waals surface area contributed by atoms with Gasteiger partial charge in [-0.05, 0) is 30.4 Å². The maximum Gasteiger partial charge on any atom is 0.322 e. The van der Waals surface area contributed by atoms with E-state index in [0.717, 1.165) is 19.3 Å². The molecule has 2 atom stereocenters. The van der Waals surface area contributed by atoms with Crippen LogP contribution in [0.15, 0.2) is 0 Å². The van der Waals surface area contributed by atoms with Crippen molar-refractivity contribution < 1.29 is 14.6 Å². The third-order valence-electron chi connectivity index (χ3n) is 3.27. The Morgan fingerprint density at radius 1 is 1.47 bits per heavy atom. The summed E-state index contributed by atoms with van der Waals surface area (Å²) in [5.74, 6) is -0.658. The van der Waals surface area contributed by atoms with Gasteiger partial charge in [-0.15, -0.1) is 0 Å². The van der Waals surface area contributed by atoms with Crippen LogP contribution in [0, 0.1) is 11.8 Å². The lowest BCUT2D eigenvalue weighted by molar-refractivity contribution is -0.142. The molecule has 2 unspecified atom stereocenters. The summed E-state index contributed by atoms with van der Waals surface area (Å²) < 4.78 is 4.89. The topological polar surface area (TPSA) is 97.2 Å². The zero-order valence-corrected chi connectivity index (χ0v) is 11.2. The van der Waals surface area contributed by atoms with Gasteiger partial charge in [-0.3, -0.25) is 4.79 Å². The van der Waals surface area contributed by atoms with Crippen LogP contribution in [0.4, 0.5) is 5.95 Å². The number of hydrogen-bond acceptors (Lipinski definition) is 6. The van der Waals surface area contributed by atoms with Crippen molar-refractivity contribution in [3.8, 4) is 6.01 Å². The number of nitrogens with zero attached hydrogens (tertiary/aromatic N) is 3. The number of ether oxygens (including phenoxy) is 1. The van der Waals surface area contributed by atoms with E-state index >= 15 is 0 Å². The van der Waals surface area contributed by atoms with Gasteiger partial charge in [0.05, 0.1) is 13.0 Å². The Hall–Kier alpha value is -1.63. The molecule has 1 heterocycles. The number of carboxylic acids is 1. The van der Waals surface area contributed by atoms with E-state index in [1.807, 2.05) is 0 Å². The van der Waals surface area contributed by atoms with Crippen molar-refractivity contribution >= 4 is 23.5 Å². The predicted molar refractivity (Wildman–Crippen MR) is 68.3 cm³/mol. The summed E-state index contributed by atoms with van der Waals surface area (Å²) >= 11 is 5.73. The van der Waals surface area contributed by atoms with Crippen molar-refractivity contribution in [1.29, 1.82) is 0 Å². The van der Waals surface area contributed by atoms with Gasteiger partial charge in [-0.1, -0.05) is 6.42 Å². The van der Waals surface area contributed by atoms with E-state index in [-0.39, 0.29) is 23.1 Å². The molecule has 7 nitrogen and oxygen atoms in total. The number of anilines is 1. The van der Waals surface area contributed by atoms with E-state index in [9.17, 15) is 4.79 Å². The highest BCUT2D eigenvalue weighted by atomic mass is 35.5. The zero-order chi connectivity index (χ0) is 13.8. The van der Waals surface area contributed by atoms with Gasteiger partial charge in [0.25, 0.3) is 0 Å². The molecule has 1 aliphatic carbocycles. The number of aliphatic carboxylic acids is 1. The molecule has 2 rings (SSSR count). The van der Waals surface area contributed by atoms with Crippen molar-refractivity contribution in [3.63, 3.8) is 0 Å². The molecule has 2 N–H and O–H groups in total. The van der Waals surface area contributed by atoms with Gasteiger partial charge in [0.2, 0.25) is 11.2 Å². The fourth-order valence-electron chi connectivity index (χ4n) is 2.33. The minimum Gasteiger partial charge on any atom is -0.481 e. The third kappa shape index (κ3) is 3.44. The van der Waals surface area contributed by atoms with Crippen molar-refractivity contribution in [1.82, 2.24) is 15.0 Å². The fraction of sp³-hybridized carbons (Fsp3) is 0.636. The van der Waals surface area contributed by atoms with E-state index in [4.69, 9.17) is 21.4 Å². The second-order valence-corrected chi connectivity index (χ2v) is 4.77. The molecule has 0 aromatic carbocycles. The molecule has 0 bridgehead atoms. The zero-order valence-electron chi connectivity index (χ0n) is 10.5. The number of rotatable bonds is 5. The Labute approximate surface area is 115 Å². The monoisotopic (exact) mass is 286 g/mol. The third-order valence-corrected chi connectivity index (χ3v) is 3.44. The van der Waals surface area contributed by atoms with E-state index in [1.165, 1.54) is 7.11 Å². The van der Waals surface area contributed by atoms with Crippen molar-refractivity contribution in [2.45, 2.75) is 19.3 Å². The van der Waals surface area contributed by atoms with Crippen LogP contribution < -0.4 is 10.1 Å². The Bertz CT molecular complexity index is 471. The standard InChI is InChI=1S/C11H15ClN4O3/c1-19-11-15-9(12)14-10(16-11)13-5-6-3-2-4-7(6)8(17)18/h6-7H,2-5H2,1H3,(H,17,18)(H,13,14,15,16). The first-order valence-electron chi connectivity index (χ1n) is 6.02. The van der Waals surface area contributed by atoms with Crippen LogP contribution in [-0.2, 0) is 4.79 Å². The van der Waals surface area contributed by atoms with Gasteiger partial charge in [-0.25, -0.2) is 0 Å². The van der Waals surface area contributed by atoms with Crippen LogP contribution in [0.25, 0.3) is 0 Å². The molecule has 19 heavy (non-hydrogen) atoms. The molecule has 1 aromatic rings. The molecule has 0 radical (unpaired) electrons. The van der Waals surface area contributed by atoms with Crippen molar-refractivity contribution in [2.75, 3.05) is 19.0 Å². The first kappa shape index (κ1) is 13.8. The van der Waals surface area contributed by atoms with Crippen molar-refractivity contribution in [3.05, 3.63) is 5.28 Å². The quantitative estimate of drug-likeness (QED) is 0.845. The minimum absolute atomic E-state index is 0.0376. The first-order valence-corrected chi connectivity index (χ1v) is 6.40. The minimum atomic E-state index is -0.740. The number of hydrogen-bond donors (Lipinski definition) is 2. The van der Waals surface area contributed by atoms with Crippen LogP contribution in [-0.4, -0.2) is 39.7 Å². The number of carbonyl (C=O) groups is 1. The van der Waals surface area contributed by atoms with Crippen LogP contribution in [0.5, 0.6) is 6.01 Å². The second kappa shape index (κ2) is 6.01. The molecule has 1 aromatic heterocycles. The van der Waals surface area contributed by atoms with Gasteiger partial charge in [0.15, 0.2) is 0 Å². The highest BCUT2D eigenvalue weighted by Crippen LogP contribution is 2.31. The highest BCUT2D eigenvalue weighted by molar-refractivity contribution is 6.28. The fourth-order valence-corrected chi connectivity index (χ4v) is 2.48. The van der Waals surface area contributed by atoms with Gasteiger partial charge in [-0.2, -0.15) is 15.0 Å². The second-order valence-electron chi connectivity index (χ2n) is 4.43. The van der Waals surface area contributed by atoms with Gasteiger partial charge >= 0.3 is 12.0 Å². The lowest BCUT2D eigenvalue weighted by Crippen LogP contribution is -2.25. The van der Waals surface area contributed by atoms with Crippen molar-refractivity contribution in [2.24, 2.45) is 11.8 Å². The summed E-state index contributed by atoms with van der Waals surface area (Å²) in [6, 6.07) is 0.128. The molecular weight excluding hydrogens is 272 g/mol. The number of methoxy groups -OCH3 is 1. The summed E-state index contributed by atoms with van der Waals surface area (Å²) in [4.78, 5) is 22.7. The number of carboxylic acid groups (broad SMARTS) is 1. The summed E-state index contributed by atoms with van der Waals surface area (Å²) in [7, 11) is 1.44. The Morgan fingerprint density at radius 3 is 2.95 bits per heavy atom.